The Kier molecular flexibility index (Phi) is 3.75. The summed E-state index contributed by atoms with van der Waals surface area (Å²) in [4.78, 5) is 11.0. The summed E-state index contributed by atoms with van der Waals surface area (Å²) in [7, 11) is 3.31. The predicted octanol–water partition coefficient (Wildman–Crippen LogP) is 2.58. The summed E-state index contributed by atoms with van der Waals surface area (Å²) in [5.74, 6) is 0.966. The molecule has 0 spiro atoms. The van der Waals surface area contributed by atoms with Gasteiger partial charge in [-0.1, -0.05) is 0 Å². The van der Waals surface area contributed by atoms with Crippen LogP contribution in [0.1, 0.15) is 23.3 Å². The third-order valence-corrected chi connectivity index (χ3v) is 3.73. The van der Waals surface area contributed by atoms with Crippen LogP contribution in [0.4, 0.5) is 0 Å². The molecule has 116 valence electrons. The first kappa shape index (κ1) is 14.4. The molecule has 2 aromatic rings. The van der Waals surface area contributed by atoms with Crippen LogP contribution in [0.3, 0.4) is 0 Å². The highest BCUT2D eigenvalue weighted by atomic mass is 16.5. The van der Waals surface area contributed by atoms with E-state index in [0.717, 1.165) is 5.56 Å². The van der Waals surface area contributed by atoms with Crippen molar-refractivity contribution in [3.63, 3.8) is 0 Å². The second-order valence-corrected chi connectivity index (χ2v) is 5.46. The lowest BCUT2D eigenvalue weighted by Gasteiger charge is -2.12. The molecule has 22 heavy (non-hydrogen) atoms. The number of methoxy groups -OCH3 is 1. The lowest BCUT2D eigenvalue weighted by Crippen LogP contribution is -2.01. The molecule has 1 heterocycles. The first-order valence-electron chi connectivity index (χ1n) is 7.17. The van der Waals surface area contributed by atoms with Crippen LogP contribution in [0.2, 0.25) is 0 Å². The first-order chi connectivity index (χ1) is 10.6. The van der Waals surface area contributed by atoms with Crippen LogP contribution < -0.4 is 9.47 Å². The zero-order valence-electron chi connectivity index (χ0n) is 12.6. The van der Waals surface area contributed by atoms with Gasteiger partial charge in [0.15, 0.2) is 17.2 Å². The predicted molar refractivity (Wildman–Crippen MR) is 80.4 cm³/mol. The normalized spacial score (nSPS) is 13.9. The maximum atomic E-state index is 11.0. The van der Waals surface area contributed by atoms with Gasteiger partial charge in [0, 0.05) is 12.6 Å². The van der Waals surface area contributed by atoms with E-state index in [1.165, 1.54) is 12.8 Å². The molecule has 0 aliphatic heterocycles. The lowest BCUT2D eigenvalue weighted by atomic mass is 10.1. The molecule has 3 rings (SSSR count). The molecule has 0 saturated heterocycles. The van der Waals surface area contributed by atoms with Gasteiger partial charge < -0.3 is 14.6 Å². The molecule has 1 N–H and O–H groups in total. The Hall–Kier alpha value is -2.50. The largest absolute Gasteiger partial charge is 0.493 e. The molecular formula is C16H18N2O4. The van der Waals surface area contributed by atoms with Gasteiger partial charge in [0.05, 0.1) is 19.4 Å². The van der Waals surface area contributed by atoms with E-state index in [9.17, 15) is 4.79 Å². The molecule has 0 bridgehead atoms. The minimum Gasteiger partial charge on any atom is -0.493 e. The molecule has 1 aromatic carbocycles. The van der Waals surface area contributed by atoms with Crippen LogP contribution in [0.15, 0.2) is 24.3 Å². The summed E-state index contributed by atoms with van der Waals surface area (Å²) in [6.07, 6.45) is 2.46. The maximum absolute atomic E-state index is 11.0. The standard InChI is InChI=1S/C16H18N2O4/c1-18-13(8-12(17-18)16(19)20)11-5-6-14(15(7-11)21-2)22-9-10-3-4-10/h5-8,10H,3-4,9H2,1-2H3,(H,19,20). The summed E-state index contributed by atoms with van der Waals surface area (Å²) < 4.78 is 12.7. The number of carbonyl (C=O) groups is 1. The van der Waals surface area contributed by atoms with Crippen LogP contribution >= 0.6 is 0 Å². The van der Waals surface area contributed by atoms with Crippen molar-refractivity contribution in [1.29, 1.82) is 0 Å². The van der Waals surface area contributed by atoms with Crippen molar-refractivity contribution in [3.05, 3.63) is 30.0 Å². The molecule has 0 amide bonds. The van der Waals surface area contributed by atoms with Crippen LogP contribution in [0.5, 0.6) is 11.5 Å². The van der Waals surface area contributed by atoms with Crippen molar-refractivity contribution in [3.8, 4) is 22.8 Å². The molecule has 0 atom stereocenters. The van der Waals surface area contributed by atoms with E-state index in [-0.39, 0.29) is 5.69 Å². The molecule has 0 radical (unpaired) electrons. The lowest BCUT2D eigenvalue weighted by molar-refractivity contribution is 0.0689. The second-order valence-electron chi connectivity index (χ2n) is 5.46. The molecule has 0 unspecified atom stereocenters. The van der Waals surface area contributed by atoms with Gasteiger partial charge in [-0.2, -0.15) is 5.10 Å². The van der Waals surface area contributed by atoms with Crippen LogP contribution in [0.25, 0.3) is 11.3 Å². The van der Waals surface area contributed by atoms with E-state index < -0.39 is 5.97 Å². The van der Waals surface area contributed by atoms with E-state index in [2.05, 4.69) is 5.10 Å². The third-order valence-electron chi connectivity index (χ3n) is 3.73. The molecule has 1 saturated carbocycles. The van der Waals surface area contributed by atoms with Crippen LogP contribution in [-0.2, 0) is 7.05 Å². The SMILES string of the molecule is COc1cc(-c2cc(C(=O)O)nn2C)ccc1OCC1CC1. The van der Waals surface area contributed by atoms with E-state index in [1.807, 2.05) is 18.2 Å². The van der Waals surface area contributed by atoms with E-state index in [4.69, 9.17) is 14.6 Å². The van der Waals surface area contributed by atoms with Gasteiger partial charge in [-0.15, -0.1) is 0 Å². The number of hydrogen-bond acceptors (Lipinski definition) is 4. The number of aromatic carboxylic acids is 1. The van der Waals surface area contributed by atoms with Crippen molar-refractivity contribution in [2.75, 3.05) is 13.7 Å². The molecular weight excluding hydrogens is 284 g/mol. The average Bonchev–Trinajstić information content (AvgIpc) is 3.25. The van der Waals surface area contributed by atoms with Crippen LogP contribution in [-0.4, -0.2) is 34.6 Å². The summed E-state index contributed by atoms with van der Waals surface area (Å²) in [6, 6.07) is 7.12. The van der Waals surface area contributed by atoms with Gasteiger partial charge in [0.2, 0.25) is 0 Å². The van der Waals surface area contributed by atoms with Crippen molar-refractivity contribution in [2.45, 2.75) is 12.8 Å². The molecule has 6 nitrogen and oxygen atoms in total. The monoisotopic (exact) mass is 302 g/mol. The van der Waals surface area contributed by atoms with Crippen molar-refractivity contribution in [2.24, 2.45) is 13.0 Å². The van der Waals surface area contributed by atoms with E-state index in [1.54, 1.807) is 24.9 Å². The molecule has 6 heteroatoms. The Labute approximate surface area is 128 Å². The number of hydrogen-bond donors (Lipinski definition) is 1. The number of aromatic nitrogens is 2. The Balaban J connectivity index is 1.88. The second kappa shape index (κ2) is 5.71. The zero-order valence-corrected chi connectivity index (χ0v) is 12.6. The van der Waals surface area contributed by atoms with E-state index >= 15 is 0 Å². The molecule has 1 aliphatic rings. The fourth-order valence-electron chi connectivity index (χ4n) is 2.28. The van der Waals surface area contributed by atoms with Gasteiger partial charge in [-0.05, 0) is 43.0 Å². The maximum Gasteiger partial charge on any atom is 0.356 e. The van der Waals surface area contributed by atoms with Gasteiger partial charge in [-0.3, -0.25) is 4.68 Å². The molecule has 1 aromatic heterocycles. The summed E-state index contributed by atoms with van der Waals surface area (Å²) >= 11 is 0. The topological polar surface area (TPSA) is 73.6 Å². The minimum atomic E-state index is -1.04. The number of ether oxygens (including phenoxy) is 2. The van der Waals surface area contributed by atoms with Crippen molar-refractivity contribution in [1.82, 2.24) is 9.78 Å². The highest BCUT2D eigenvalue weighted by Gasteiger charge is 2.22. The summed E-state index contributed by atoms with van der Waals surface area (Å²) in [5.41, 5.74) is 1.56. The Morgan fingerprint density at radius 2 is 2.14 bits per heavy atom. The third kappa shape index (κ3) is 2.90. The smallest absolute Gasteiger partial charge is 0.356 e. The Morgan fingerprint density at radius 3 is 2.73 bits per heavy atom. The number of benzene rings is 1. The average molecular weight is 302 g/mol. The molecule has 1 fully saturated rings. The van der Waals surface area contributed by atoms with Gasteiger partial charge in [0.25, 0.3) is 0 Å². The fourth-order valence-corrected chi connectivity index (χ4v) is 2.28. The zero-order chi connectivity index (χ0) is 15.7. The van der Waals surface area contributed by atoms with Gasteiger partial charge in [0.1, 0.15) is 0 Å². The van der Waals surface area contributed by atoms with Crippen molar-refractivity contribution >= 4 is 5.97 Å². The number of carboxylic acids is 1. The first-order valence-corrected chi connectivity index (χ1v) is 7.17. The minimum absolute atomic E-state index is 0.0190. The fraction of sp³-hybridized carbons (Fsp3) is 0.375. The number of aryl methyl sites for hydroxylation is 1. The van der Waals surface area contributed by atoms with Crippen molar-refractivity contribution < 1.29 is 19.4 Å². The van der Waals surface area contributed by atoms with Gasteiger partial charge >= 0.3 is 5.97 Å². The summed E-state index contributed by atoms with van der Waals surface area (Å²) in [6.45, 7) is 0.713. The van der Waals surface area contributed by atoms with Crippen LogP contribution in [0, 0.1) is 5.92 Å². The highest BCUT2D eigenvalue weighted by molar-refractivity contribution is 5.87. The van der Waals surface area contributed by atoms with Gasteiger partial charge in [-0.25, -0.2) is 4.79 Å². The number of rotatable bonds is 6. The Morgan fingerprint density at radius 1 is 1.36 bits per heavy atom. The number of nitrogens with zero attached hydrogens (tertiary/aromatic N) is 2. The Bertz CT molecular complexity index is 704. The number of carboxylic acid groups (broad SMARTS) is 1. The van der Waals surface area contributed by atoms with E-state index in [0.29, 0.717) is 29.7 Å². The highest BCUT2D eigenvalue weighted by Crippen LogP contribution is 2.35. The molecule has 1 aliphatic carbocycles. The quantitative estimate of drug-likeness (QED) is 0.887. The summed E-state index contributed by atoms with van der Waals surface area (Å²) in [5, 5.41) is 13.0.